The Labute approximate surface area is 114 Å². The fourth-order valence-corrected chi connectivity index (χ4v) is 2.43. The van der Waals surface area contributed by atoms with Gasteiger partial charge in [-0.15, -0.1) is 11.3 Å². The topological polar surface area (TPSA) is 54.9 Å². The van der Waals surface area contributed by atoms with Crippen molar-refractivity contribution in [2.75, 3.05) is 0 Å². The van der Waals surface area contributed by atoms with Gasteiger partial charge in [0.05, 0.1) is 6.04 Å². The van der Waals surface area contributed by atoms with Crippen LogP contribution in [0.3, 0.4) is 0 Å². The van der Waals surface area contributed by atoms with Crippen molar-refractivity contribution in [1.29, 1.82) is 0 Å². The van der Waals surface area contributed by atoms with Crippen LogP contribution in [0.1, 0.15) is 40.1 Å². The molecule has 1 amide bonds. The molecule has 100 valence electrons. The first kappa shape index (κ1) is 13.6. The van der Waals surface area contributed by atoms with Gasteiger partial charge in [0.25, 0.3) is 5.91 Å². The number of aromatic nitrogens is 2. The Morgan fingerprint density at radius 2 is 2.32 bits per heavy atom. The van der Waals surface area contributed by atoms with Gasteiger partial charge in [0.1, 0.15) is 5.01 Å². The number of aryl methyl sites for hydroxylation is 1. The lowest BCUT2D eigenvalue weighted by atomic mass is 10.2. The summed E-state index contributed by atoms with van der Waals surface area (Å²) in [6.07, 6.45) is 4.01. The van der Waals surface area contributed by atoms with Crippen molar-refractivity contribution in [2.45, 2.75) is 26.3 Å². The summed E-state index contributed by atoms with van der Waals surface area (Å²) in [6.45, 7) is 3.91. The average molecular weight is 279 g/mol. The van der Waals surface area contributed by atoms with Crippen molar-refractivity contribution < 1.29 is 9.18 Å². The molecule has 0 aliphatic rings. The van der Waals surface area contributed by atoms with E-state index in [2.05, 4.69) is 22.2 Å². The van der Waals surface area contributed by atoms with Gasteiger partial charge in [-0.3, -0.25) is 4.79 Å². The van der Waals surface area contributed by atoms with Crippen molar-refractivity contribution in [3.8, 4) is 0 Å². The molecule has 2 heterocycles. The number of carbonyl (C=O) groups excluding carboxylic acids is 1. The van der Waals surface area contributed by atoms with Crippen LogP contribution in [0.5, 0.6) is 0 Å². The van der Waals surface area contributed by atoms with Crippen LogP contribution in [0.4, 0.5) is 4.39 Å². The predicted octanol–water partition coefficient (Wildman–Crippen LogP) is 2.73. The van der Waals surface area contributed by atoms with E-state index in [1.807, 2.05) is 13.1 Å². The molecule has 0 saturated carbocycles. The molecule has 1 atom stereocenters. The number of nitrogens with zero attached hydrogens (tertiary/aromatic N) is 2. The summed E-state index contributed by atoms with van der Waals surface area (Å²) in [5.74, 6) is -0.995. The second kappa shape index (κ2) is 5.88. The van der Waals surface area contributed by atoms with Gasteiger partial charge in [-0.05, 0) is 19.4 Å². The van der Waals surface area contributed by atoms with Gasteiger partial charge in [0.15, 0.2) is 0 Å². The number of nitrogens with one attached hydrogen (secondary N) is 1. The molecular formula is C13H14FN3OS. The van der Waals surface area contributed by atoms with Crippen LogP contribution < -0.4 is 5.32 Å². The number of hydrogen-bond acceptors (Lipinski definition) is 4. The van der Waals surface area contributed by atoms with Gasteiger partial charge in [-0.25, -0.2) is 9.97 Å². The van der Waals surface area contributed by atoms with Crippen LogP contribution in [-0.2, 0) is 6.42 Å². The quantitative estimate of drug-likeness (QED) is 0.875. The lowest BCUT2D eigenvalue weighted by Gasteiger charge is -2.11. The summed E-state index contributed by atoms with van der Waals surface area (Å²) < 4.78 is 12.9. The number of halogens is 1. The van der Waals surface area contributed by atoms with Gasteiger partial charge < -0.3 is 5.32 Å². The molecule has 0 aliphatic heterocycles. The highest BCUT2D eigenvalue weighted by Crippen LogP contribution is 2.20. The molecule has 1 unspecified atom stereocenters. The largest absolute Gasteiger partial charge is 0.343 e. The number of carbonyl (C=O) groups is 1. The van der Waals surface area contributed by atoms with Crippen LogP contribution in [0.2, 0.25) is 0 Å². The highest BCUT2D eigenvalue weighted by Gasteiger charge is 2.14. The maximum absolute atomic E-state index is 12.9. The average Bonchev–Trinajstić information content (AvgIpc) is 2.87. The smallest absolute Gasteiger partial charge is 0.252 e. The van der Waals surface area contributed by atoms with Crippen LogP contribution in [0.25, 0.3) is 0 Å². The third-order valence-corrected chi connectivity index (χ3v) is 3.95. The maximum Gasteiger partial charge on any atom is 0.252 e. The van der Waals surface area contributed by atoms with Crippen molar-refractivity contribution in [2.24, 2.45) is 0 Å². The minimum atomic E-state index is -0.664. The third kappa shape index (κ3) is 3.35. The summed E-state index contributed by atoms with van der Waals surface area (Å²) in [5, 5.41) is 3.64. The number of pyridine rings is 1. The molecule has 0 aliphatic carbocycles. The number of rotatable bonds is 4. The summed E-state index contributed by atoms with van der Waals surface area (Å²) in [6, 6.07) is 2.39. The van der Waals surface area contributed by atoms with Crippen molar-refractivity contribution >= 4 is 17.2 Å². The highest BCUT2D eigenvalue weighted by molar-refractivity contribution is 7.11. The van der Waals surface area contributed by atoms with Crippen LogP contribution in [0, 0.1) is 5.95 Å². The van der Waals surface area contributed by atoms with Gasteiger partial charge >= 0.3 is 0 Å². The second-order valence-electron chi connectivity index (χ2n) is 4.08. The van der Waals surface area contributed by atoms with Crippen molar-refractivity contribution in [3.63, 3.8) is 0 Å². The molecule has 4 nitrogen and oxygen atoms in total. The zero-order chi connectivity index (χ0) is 13.8. The lowest BCUT2D eigenvalue weighted by molar-refractivity contribution is 0.0939. The van der Waals surface area contributed by atoms with Gasteiger partial charge in [0, 0.05) is 28.9 Å². The molecule has 2 aromatic rings. The number of thiazole rings is 1. The molecule has 6 heteroatoms. The SMILES string of the molecule is CCc1cnc(C(C)NC(=O)c2ccnc(F)c2)s1. The fraction of sp³-hybridized carbons (Fsp3) is 0.308. The fourth-order valence-electron chi connectivity index (χ4n) is 1.57. The first-order valence-corrected chi connectivity index (χ1v) is 6.78. The van der Waals surface area contributed by atoms with Gasteiger partial charge in [-0.2, -0.15) is 4.39 Å². The molecule has 1 N–H and O–H groups in total. The Morgan fingerprint density at radius 1 is 1.53 bits per heavy atom. The van der Waals surface area contributed by atoms with E-state index in [-0.39, 0.29) is 17.5 Å². The van der Waals surface area contributed by atoms with Crippen LogP contribution >= 0.6 is 11.3 Å². The zero-order valence-corrected chi connectivity index (χ0v) is 11.5. The summed E-state index contributed by atoms with van der Waals surface area (Å²) >= 11 is 1.57. The Balaban J connectivity index is 2.06. The van der Waals surface area contributed by atoms with Gasteiger partial charge in [0.2, 0.25) is 5.95 Å². The van der Waals surface area contributed by atoms with E-state index in [0.29, 0.717) is 0 Å². The number of hydrogen-bond donors (Lipinski definition) is 1. The van der Waals surface area contributed by atoms with E-state index < -0.39 is 5.95 Å². The molecule has 0 spiro atoms. The molecule has 0 fully saturated rings. The lowest BCUT2D eigenvalue weighted by Crippen LogP contribution is -2.26. The molecule has 2 aromatic heterocycles. The van der Waals surface area contributed by atoms with Crippen LogP contribution in [0.15, 0.2) is 24.5 Å². The van der Waals surface area contributed by atoms with E-state index in [1.165, 1.54) is 17.1 Å². The maximum atomic E-state index is 12.9. The van der Waals surface area contributed by atoms with Gasteiger partial charge in [-0.1, -0.05) is 6.92 Å². The molecule has 0 saturated heterocycles. The first-order chi connectivity index (χ1) is 9.10. The monoisotopic (exact) mass is 279 g/mol. The molecule has 19 heavy (non-hydrogen) atoms. The zero-order valence-electron chi connectivity index (χ0n) is 10.7. The minimum Gasteiger partial charge on any atom is -0.343 e. The Kier molecular flexibility index (Phi) is 4.21. The molecule has 2 rings (SSSR count). The predicted molar refractivity (Wildman–Crippen MR) is 71.6 cm³/mol. The van der Waals surface area contributed by atoms with Crippen molar-refractivity contribution in [1.82, 2.24) is 15.3 Å². The standard InChI is InChI=1S/C13H14FN3OS/c1-3-10-7-16-13(19-10)8(2)17-12(18)9-4-5-15-11(14)6-9/h4-8H,3H2,1-2H3,(H,17,18). The number of amides is 1. The summed E-state index contributed by atoms with van der Waals surface area (Å²) in [5.41, 5.74) is 0.256. The Bertz CT molecular complexity index is 585. The molecule has 0 bridgehead atoms. The van der Waals surface area contributed by atoms with E-state index in [4.69, 9.17) is 0 Å². The Morgan fingerprint density at radius 3 is 2.95 bits per heavy atom. The van der Waals surface area contributed by atoms with E-state index in [9.17, 15) is 9.18 Å². The van der Waals surface area contributed by atoms with E-state index >= 15 is 0 Å². The summed E-state index contributed by atoms with van der Waals surface area (Å²) in [4.78, 5) is 20.8. The molecule has 0 radical (unpaired) electrons. The molecular weight excluding hydrogens is 265 g/mol. The van der Waals surface area contributed by atoms with Crippen molar-refractivity contribution in [3.05, 3.63) is 45.9 Å². The third-order valence-electron chi connectivity index (χ3n) is 2.63. The Hall–Kier alpha value is -1.82. The minimum absolute atomic E-state index is 0.200. The summed E-state index contributed by atoms with van der Waals surface area (Å²) in [7, 11) is 0. The van der Waals surface area contributed by atoms with Crippen LogP contribution in [-0.4, -0.2) is 15.9 Å². The first-order valence-electron chi connectivity index (χ1n) is 5.97. The van der Waals surface area contributed by atoms with E-state index in [1.54, 1.807) is 11.3 Å². The normalized spacial score (nSPS) is 12.2. The van der Waals surface area contributed by atoms with E-state index in [0.717, 1.165) is 17.5 Å². The highest BCUT2D eigenvalue weighted by atomic mass is 32.1. The molecule has 0 aromatic carbocycles. The second-order valence-corrected chi connectivity index (χ2v) is 5.23.